The van der Waals surface area contributed by atoms with Crippen LogP contribution in [0.3, 0.4) is 0 Å². The summed E-state index contributed by atoms with van der Waals surface area (Å²) in [4.78, 5) is 10.9. The van der Waals surface area contributed by atoms with Crippen LogP contribution >= 0.6 is 11.3 Å². The van der Waals surface area contributed by atoms with Gasteiger partial charge >= 0.3 is 0 Å². The van der Waals surface area contributed by atoms with Crippen LogP contribution in [-0.2, 0) is 4.79 Å². The summed E-state index contributed by atoms with van der Waals surface area (Å²) < 4.78 is 0. The van der Waals surface area contributed by atoms with E-state index >= 15 is 0 Å². The Morgan fingerprint density at radius 1 is 1.60 bits per heavy atom. The molecule has 2 N–H and O–H groups in total. The van der Waals surface area contributed by atoms with Crippen LogP contribution in [0.2, 0.25) is 0 Å². The van der Waals surface area contributed by atoms with Crippen LogP contribution < -0.4 is 10.6 Å². The van der Waals surface area contributed by atoms with Crippen molar-refractivity contribution in [3.8, 4) is 0 Å². The Labute approximate surface area is 94.9 Å². The van der Waals surface area contributed by atoms with E-state index in [-0.39, 0.29) is 5.91 Å². The fraction of sp³-hybridized carbons (Fsp3) is 0.545. The summed E-state index contributed by atoms with van der Waals surface area (Å²) in [7, 11) is 1.67. The Balaban J connectivity index is 2.13. The molecule has 1 heterocycles. The van der Waals surface area contributed by atoms with Crippen molar-refractivity contribution in [2.24, 2.45) is 0 Å². The third-order valence-corrected chi connectivity index (χ3v) is 3.05. The smallest absolute Gasteiger partial charge is 0.219 e. The van der Waals surface area contributed by atoms with E-state index in [1.807, 2.05) is 0 Å². The van der Waals surface area contributed by atoms with Crippen molar-refractivity contribution in [1.29, 1.82) is 0 Å². The van der Waals surface area contributed by atoms with Crippen LogP contribution in [0.25, 0.3) is 0 Å². The average molecular weight is 226 g/mol. The summed E-state index contributed by atoms with van der Waals surface area (Å²) in [6.07, 6.45) is 1.48. The second-order valence-corrected chi connectivity index (χ2v) is 4.29. The minimum Gasteiger partial charge on any atom is -0.359 e. The molecule has 0 spiro atoms. The Morgan fingerprint density at radius 3 is 3.00 bits per heavy atom. The zero-order valence-corrected chi connectivity index (χ0v) is 10.1. The molecule has 84 valence electrons. The highest BCUT2D eigenvalue weighted by Gasteiger charge is 2.04. The van der Waals surface area contributed by atoms with E-state index in [2.05, 4.69) is 34.4 Å². The molecular weight excluding hydrogens is 208 g/mol. The summed E-state index contributed by atoms with van der Waals surface area (Å²) in [5, 5.41) is 10.2. The number of carbonyl (C=O) groups excluding carboxylic acids is 1. The van der Waals surface area contributed by atoms with Gasteiger partial charge in [0.2, 0.25) is 5.91 Å². The minimum atomic E-state index is 0.111. The highest BCUT2D eigenvalue weighted by Crippen LogP contribution is 2.15. The molecule has 0 radical (unpaired) electrons. The summed E-state index contributed by atoms with van der Waals surface area (Å²) in [6.45, 7) is 3.02. The van der Waals surface area contributed by atoms with E-state index in [0.29, 0.717) is 12.5 Å². The van der Waals surface area contributed by atoms with E-state index in [1.54, 1.807) is 18.4 Å². The zero-order valence-electron chi connectivity index (χ0n) is 9.25. The van der Waals surface area contributed by atoms with Gasteiger partial charge in [-0.25, -0.2) is 0 Å². The minimum absolute atomic E-state index is 0.111. The topological polar surface area (TPSA) is 41.1 Å². The number of amides is 1. The lowest BCUT2D eigenvalue weighted by atomic mass is 10.2. The average Bonchev–Trinajstić information content (AvgIpc) is 2.77. The predicted octanol–water partition coefficient (Wildman–Crippen LogP) is 1.92. The summed E-state index contributed by atoms with van der Waals surface area (Å²) in [5.74, 6) is 0.111. The highest BCUT2D eigenvalue weighted by atomic mass is 32.1. The second-order valence-electron chi connectivity index (χ2n) is 3.51. The van der Waals surface area contributed by atoms with Crippen LogP contribution in [0.4, 0.5) is 0 Å². The van der Waals surface area contributed by atoms with Gasteiger partial charge in [-0.3, -0.25) is 4.79 Å². The molecule has 0 bridgehead atoms. The molecular formula is C11H18N2OS. The van der Waals surface area contributed by atoms with Gasteiger partial charge in [-0.1, -0.05) is 0 Å². The lowest BCUT2D eigenvalue weighted by Crippen LogP contribution is -2.22. The van der Waals surface area contributed by atoms with Crippen molar-refractivity contribution >= 4 is 17.2 Å². The molecule has 3 nitrogen and oxygen atoms in total. The predicted molar refractivity (Wildman–Crippen MR) is 64.0 cm³/mol. The van der Waals surface area contributed by atoms with Crippen molar-refractivity contribution in [2.75, 3.05) is 13.6 Å². The molecule has 0 fully saturated rings. The number of carbonyl (C=O) groups is 1. The number of hydrogen-bond acceptors (Lipinski definition) is 3. The van der Waals surface area contributed by atoms with Gasteiger partial charge < -0.3 is 10.6 Å². The maximum atomic E-state index is 10.9. The lowest BCUT2D eigenvalue weighted by Gasteiger charge is -2.11. The number of thiophene rings is 1. The van der Waals surface area contributed by atoms with Gasteiger partial charge in [-0.2, -0.15) is 11.3 Å². The summed E-state index contributed by atoms with van der Waals surface area (Å²) >= 11 is 1.71. The Bertz CT molecular complexity index is 285. The van der Waals surface area contributed by atoms with Crippen LogP contribution in [-0.4, -0.2) is 19.5 Å². The molecule has 0 aliphatic heterocycles. The Kier molecular flexibility index (Phi) is 5.36. The van der Waals surface area contributed by atoms with E-state index in [9.17, 15) is 4.79 Å². The van der Waals surface area contributed by atoms with E-state index < -0.39 is 0 Å². The fourth-order valence-electron chi connectivity index (χ4n) is 1.33. The third kappa shape index (κ3) is 4.44. The lowest BCUT2D eigenvalue weighted by molar-refractivity contribution is -0.120. The molecule has 1 amide bonds. The second kappa shape index (κ2) is 6.58. The highest BCUT2D eigenvalue weighted by molar-refractivity contribution is 7.07. The normalized spacial score (nSPS) is 12.4. The van der Waals surface area contributed by atoms with Gasteiger partial charge in [-0.05, 0) is 42.3 Å². The third-order valence-electron chi connectivity index (χ3n) is 2.35. The van der Waals surface area contributed by atoms with Gasteiger partial charge in [0, 0.05) is 19.5 Å². The van der Waals surface area contributed by atoms with Crippen molar-refractivity contribution in [1.82, 2.24) is 10.6 Å². The molecule has 1 unspecified atom stereocenters. The maximum Gasteiger partial charge on any atom is 0.219 e. The van der Waals surface area contributed by atoms with Gasteiger partial charge in [0.25, 0.3) is 0 Å². The molecule has 0 saturated heterocycles. The molecule has 1 aromatic rings. The van der Waals surface area contributed by atoms with Crippen molar-refractivity contribution < 1.29 is 4.79 Å². The maximum absolute atomic E-state index is 10.9. The molecule has 15 heavy (non-hydrogen) atoms. The molecule has 4 heteroatoms. The van der Waals surface area contributed by atoms with Gasteiger partial charge in [0.05, 0.1) is 0 Å². The molecule has 0 saturated carbocycles. The largest absolute Gasteiger partial charge is 0.359 e. The van der Waals surface area contributed by atoms with Crippen LogP contribution in [0.1, 0.15) is 31.4 Å². The molecule has 0 aliphatic rings. The first kappa shape index (κ1) is 12.2. The summed E-state index contributed by atoms with van der Waals surface area (Å²) in [5.41, 5.74) is 1.32. The standard InChI is InChI=1S/C11H18N2OS/c1-9(10-5-7-15-8-10)13-6-3-4-11(14)12-2/h5,7-9,13H,3-4,6H2,1-2H3,(H,12,14). The summed E-state index contributed by atoms with van der Waals surface area (Å²) in [6, 6.07) is 2.50. The first-order valence-electron chi connectivity index (χ1n) is 5.20. The van der Waals surface area contributed by atoms with Gasteiger partial charge in [0.15, 0.2) is 0 Å². The number of nitrogens with one attached hydrogen (secondary N) is 2. The van der Waals surface area contributed by atoms with Crippen LogP contribution in [0.15, 0.2) is 16.8 Å². The van der Waals surface area contributed by atoms with Crippen LogP contribution in [0, 0.1) is 0 Å². The molecule has 1 atom stereocenters. The molecule has 1 rings (SSSR count). The fourth-order valence-corrected chi connectivity index (χ4v) is 2.09. The first-order valence-corrected chi connectivity index (χ1v) is 6.14. The number of hydrogen-bond donors (Lipinski definition) is 2. The van der Waals surface area contributed by atoms with E-state index in [1.165, 1.54) is 5.56 Å². The molecule has 0 aromatic carbocycles. The van der Waals surface area contributed by atoms with Gasteiger partial charge in [-0.15, -0.1) is 0 Å². The van der Waals surface area contributed by atoms with E-state index in [0.717, 1.165) is 13.0 Å². The first-order chi connectivity index (χ1) is 7.24. The molecule has 1 aromatic heterocycles. The van der Waals surface area contributed by atoms with Crippen molar-refractivity contribution in [3.63, 3.8) is 0 Å². The van der Waals surface area contributed by atoms with Gasteiger partial charge in [0.1, 0.15) is 0 Å². The van der Waals surface area contributed by atoms with Crippen molar-refractivity contribution in [3.05, 3.63) is 22.4 Å². The van der Waals surface area contributed by atoms with Crippen molar-refractivity contribution in [2.45, 2.75) is 25.8 Å². The zero-order chi connectivity index (χ0) is 11.1. The quantitative estimate of drug-likeness (QED) is 0.728. The van der Waals surface area contributed by atoms with E-state index in [4.69, 9.17) is 0 Å². The monoisotopic (exact) mass is 226 g/mol. The number of rotatable bonds is 6. The van der Waals surface area contributed by atoms with Crippen LogP contribution in [0.5, 0.6) is 0 Å². The SMILES string of the molecule is CNC(=O)CCCNC(C)c1ccsc1. The Morgan fingerprint density at radius 2 is 2.40 bits per heavy atom. The Hall–Kier alpha value is -0.870. The molecule has 0 aliphatic carbocycles.